The number of rotatable bonds is 5. The maximum Gasteiger partial charge on any atom is 0.120 e. The van der Waals surface area contributed by atoms with Crippen molar-refractivity contribution in [2.24, 2.45) is 0 Å². The summed E-state index contributed by atoms with van der Waals surface area (Å²) in [7, 11) is 0. The molecule has 1 aromatic carbocycles. The lowest BCUT2D eigenvalue weighted by atomic mass is 9.96. The van der Waals surface area contributed by atoms with Crippen LogP contribution >= 0.6 is 0 Å². The van der Waals surface area contributed by atoms with Crippen molar-refractivity contribution in [3.8, 4) is 0 Å². The molecule has 4 heteroatoms. The number of imidazole rings is 1. The van der Waals surface area contributed by atoms with Crippen LogP contribution in [-0.4, -0.2) is 33.0 Å². The van der Waals surface area contributed by atoms with Crippen LogP contribution in [0, 0.1) is 0 Å². The third-order valence-corrected chi connectivity index (χ3v) is 5.21. The summed E-state index contributed by atoms with van der Waals surface area (Å²) in [5, 5.41) is 3.69. The van der Waals surface area contributed by atoms with Gasteiger partial charge in [-0.1, -0.05) is 30.3 Å². The van der Waals surface area contributed by atoms with E-state index in [-0.39, 0.29) is 0 Å². The van der Waals surface area contributed by atoms with Crippen molar-refractivity contribution in [3.05, 3.63) is 54.1 Å². The van der Waals surface area contributed by atoms with E-state index in [1.807, 2.05) is 12.4 Å². The minimum absolute atomic E-state index is 0.634. The molecule has 2 N–H and O–H groups in total. The maximum absolute atomic E-state index is 4.30. The summed E-state index contributed by atoms with van der Waals surface area (Å²) in [6.45, 7) is 1.97. The molecular weight excluding hydrogens is 272 g/mol. The van der Waals surface area contributed by atoms with E-state index in [9.17, 15) is 0 Å². The maximum atomic E-state index is 4.30. The number of aromatic amines is 1. The van der Waals surface area contributed by atoms with Gasteiger partial charge in [0.25, 0.3) is 0 Å². The summed E-state index contributed by atoms with van der Waals surface area (Å²) in [6.07, 6.45) is 8.97. The molecule has 0 aliphatic carbocycles. The summed E-state index contributed by atoms with van der Waals surface area (Å²) in [5.74, 6) is 1.04. The average molecular weight is 296 g/mol. The van der Waals surface area contributed by atoms with Crippen molar-refractivity contribution in [1.82, 2.24) is 20.2 Å². The SMILES string of the molecule is c1ccc(CN2C3CCC2CC(NCc2ncc[nH]2)C3)cc1. The van der Waals surface area contributed by atoms with Crippen LogP contribution in [0.5, 0.6) is 0 Å². The molecule has 2 unspecified atom stereocenters. The molecule has 1 aromatic heterocycles. The Kier molecular flexibility index (Phi) is 3.95. The molecular formula is C18H24N4. The second-order valence-electron chi connectivity index (χ2n) is 6.63. The van der Waals surface area contributed by atoms with Crippen LogP contribution in [0.3, 0.4) is 0 Å². The van der Waals surface area contributed by atoms with Crippen molar-refractivity contribution in [1.29, 1.82) is 0 Å². The van der Waals surface area contributed by atoms with Crippen LogP contribution in [-0.2, 0) is 13.1 Å². The second-order valence-corrected chi connectivity index (χ2v) is 6.63. The Morgan fingerprint density at radius 3 is 2.59 bits per heavy atom. The summed E-state index contributed by atoms with van der Waals surface area (Å²) in [6, 6.07) is 13.0. The van der Waals surface area contributed by atoms with E-state index in [2.05, 4.69) is 50.5 Å². The van der Waals surface area contributed by atoms with Crippen LogP contribution in [0.2, 0.25) is 0 Å². The van der Waals surface area contributed by atoms with Crippen molar-refractivity contribution >= 4 is 0 Å². The molecule has 2 bridgehead atoms. The highest BCUT2D eigenvalue weighted by Gasteiger charge is 2.40. The number of aromatic nitrogens is 2. The highest BCUT2D eigenvalue weighted by atomic mass is 15.2. The van der Waals surface area contributed by atoms with E-state index in [0.717, 1.165) is 31.0 Å². The monoisotopic (exact) mass is 296 g/mol. The van der Waals surface area contributed by atoms with E-state index in [1.165, 1.54) is 31.2 Å². The van der Waals surface area contributed by atoms with E-state index in [1.54, 1.807) is 0 Å². The highest BCUT2D eigenvalue weighted by molar-refractivity contribution is 5.15. The molecule has 4 rings (SSSR count). The van der Waals surface area contributed by atoms with Gasteiger partial charge in [-0.2, -0.15) is 0 Å². The lowest BCUT2D eigenvalue weighted by Crippen LogP contribution is -2.48. The van der Waals surface area contributed by atoms with Gasteiger partial charge in [0, 0.05) is 37.1 Å². The Bertz CT molecular complexity index is 566. The molecule has 2 aliphatic rings. The third kappa shape index (κ3) is 2.94. The molecule has 0 spiro atoms. The lowest BCUT2D eigenvalue weighted by molar-refractivity contribution is 0.108. The molecule has 2 atom stereocenters. The van der Waals surface area contributed by atoms with E-state index in [0.29, 0.717) is 6.04 Å². The zero-order valence-corrected chi connectivity index (χ0v) is 12.9. The molecule has 0 radical (unpaired) electrons. The molecule has 116 valence electrons. The number of hydrogen-bond acceptors (Lipinski definition) is 3. The van der Waals surface area contributed by atoms with Gasteiger partial charge in [0.1, 0.15) is 5.82 Å². The molecule has 4 nitrogen and oxygen atoms in total. The number of hydrogen-bond donors (Lipinski definition) is 2. The van der Waals surface area contributed by atoms with Gasteiger partial charge < -0.3 is 10.3 Å². The van der Waals surface area contributed by atoms with Gasteiger partial charge in [0.05, 0.1) is 6.54 Å². The fourth-order valence-electron chi connectivity index (χ4n) is 4.13. The van der Waals surface area contributed by atoms with Gasteiger partial charge in [-0.15, -0.1) is 0 Å². The zero-order chi connectivity index (χ0) is 14.8. The van der Waals surface area contributed by atoms with Crippen molar-refractivity contribution in [2.75, 3.05) is 0 Å². The van der Waals surface area contributed by atoms with Gasteiger partial charge in [-0.3, -0.25) is 4.90 Å². The fourth-order valence-corrected chi connectivity index (χ4v) is 4.13. The van der Waals surface area contributed by atoms with Gasteiger partial charge >= 0.3 is 0 Å². The Morgan fingerprint density at radius 1 is 1.14 bits per heavy atom. The van der Waals surface area contributed by atoms with Crippen LogP contribution in [0.1, 0.15) is 37.1 Å². The topological polar surface area (TPSA) is 44.0 Å². The van der Waals surface area contributed by atoms with Crippen molar-refractivity contribution in [3.63, 3.8) is 0 Å². The lowest BCUT2D eigenvalue weighted by Gasteiger charge is -2.39. The first kappa shape index (κ1) is 14.0. The number of nitrogens with one attached hydrogen (secondary N) is 2. The van der Waals surface area contributed by atoms with E-state index < -0.39 is 0 Å². The Labute approximate surface area is 131 Å². The average Bonchev–Trinajstić information content (AvgIpc) is 3.13. The van der Waals surface area contributed by atoms with Crippen LogP contribution < -0.4 is 5.32 Å². The zero-order valence-electron chi connectivity index (χ0n) is 12.9. The van der Waals surface area contributed by atoms with Gasteiger partial charge in [-0.05, 0) is 31.2 Å². The molecule has 2 aromatic rings. The predicted molar refractivity (Wildman–Crippen MR) is 87.2 cm³/mol. The largest absolute Gasteiger partial charge is 0.348 e. The summed E-state index contributed by atoms with van der Waals surface area (Å²) < 4.78 is 0. The molecule has 2 saturated heterocycles. The normalized spacial score (nSPS) is 28.1. The van der Waals surface area contributed by atoms with Gasteiger partial charge in [0.15, 0.2) is 0 Å². The first-order chi connectivity index (χ1) is 10.9. The number of H-pyrrole nitrogens is 1. The van der Waals surface area contributed by atoms with E-state index >= 15 is 0 Å². The standard InChI is InChI=1S/C18H24N4/c1-2-4-14(5-3-1)13-22-16-6-7-17(22)11-15(10-16)21-12-18-19-8-9-20-18/h1-5,8-9,15-17,21H,6-7,10-13H2,(H,19,20). The summed E-state index contributed by atoms with van der Waals surface area (Å²) in [4.78, 5) is 10.2. The third-order valence-electron chi connectivity index (χ3n) is 5.21. The van der Waals surface area contributed by atoms with Gasteiger partial charge in [-0.25, -0.2) is 4.98 Å². The first-order valence-corrected chi connectivity index (χ1v) is 8.40. The first-order valence-electron chi connectivity index (χ1n) is 8.40. The van der Waals surface area contributed by atoms with Crippen LogP contribution in [0.25, 0.3) is 0 Å². The minimum Gasteiger partial charge on any atom is -0.348 e. The fraction of sp³-hybridized carbons (Fsp3) is 0.500. The number of fused-ring (bicyclic) bond motifs is 2. The molecule has 0 amide bonds. The minimum atomic E-state index is 0.634. The highest BCUT2D eigenvalue weighted by Crippen LogP contribution is 2.36. The Hall–Kier alpha value is -1.65. The molecule has 0 saturated carbocycles. The second kappa shape index (κ2) is 6.23. The summed E-state index contributed by atoms with van der Waals surface area (Å²) >= 11 is 0. The summed E-state index contributed by atoms with van der Waals surface area (Å²) in [5.41, 5.74) is 1.45. The number of nitrogens with zero attached hydrogens (tertiary/aromatic N) is 2. The van der Waals surface area contributed by atoms with Crippen molar-refractivity contribution in [2.45, 2.75) is 56.9 Å². The Morgan fingerprint density at radius 2 is 1.91 bits per heavy atom. The van der Waals surface area contributed by atoms with E-state index in [4.69, 9.17) is 0 Å². The van der Waals surface area contributed by atoms with Crippen molar-refractivity contribution < 1.29 is 0 Å². The molecule has 3 heterocycles. The molecule has 2 fully saturated rings. The molecule has 2 aliphatic heterocycles. The number of piperidine rings is 1. The number of benzene rings is 1. The van der Waals surface area contributed by atoms with Crippen LogP contribution in [0.15, 0.2) is 42.7 Å². The van der Waals surface area contributed by atoms with Crippen LogP contribution in [0.4, 0.5) is 0 Å². The smallest absolute Gasteiger partial charge is 0.120 e. The van der Waals surface area contributed by atoms with Gasteiger partial charge in [0.2, 0.25) is 0 Å². The molecule has 22 heavy (non-hydrogen) atoms. The Balaban J connectivity index is 1.35. The predicted octanol–water partition coefficient (Wildman–Crippen LogP) is 2.69. The quantitative estimate of drug-likeness (QED) is 0.891.